The van der Waals surface area contributed by atoms with E-state index in [9.17, 15) is 14.7 Å². The van der Waals surface area contributed by atoms with Crippen LogP contribution in [0.2, 0.25) is 0 Å². The molecule has 0 aliphatic carbocycles. The van der Waals surface area contributed by atoms with Gasteiger partial charge in [0.25, 0.3) is 0 Å². The van der Waals surface area contributed by atoms with E-state index in [0.29, 0.717) is 12.8 Å². The Hall–Kier alpha value is -1.10. The molecule has 0 aromatic rings. The predicted octanol–water partition coefficient (Wildman–Crippen LogP) is 10.6. The molecule has 1 N–H and O–H groups in total. The Labute approximate surface area is 255 Å². The molecular weight excluding hydrogens is 512 g/mol. The Kier molecular flexibility index (Phi) is 31.0. The lowest BCUT2D eigenvalue weighted by Crippen LogP contribution is -2.25. The third-order valence-corrected chi connectivity index (χ3v) is 8.38. The highest BCUT2D eigenvalue weighted by atomic mass is 16.6. The maximum absolute atomic E-state index is 11.9. The summed E-state index contributed by atoms with van der Waals surface area (Å²) in [6.45, 7) is 6.68. The van der Waals surface area contributed by atoms with Crippen LogP contribution in [-0.2, 0) is 19.1 Å². The summed E-state index contributed by atoms with van der Waals surface area (Å²) in [7, 11) is 0. The van der Waals surface area contributed by atoms with E-state index in [0.717, 1.165) is 38.0 Å². The minimum atomic E-state index is -0.953. The van der Waals surface area contributed by atoms with E-state index in [1.54, 1.807) is 0 Å². The van der Waals surface area contributed by atoms with Crippen LogP contribution >= 0.6 is 0 Å². The summed E-state index contributed by atoms with van der Waals surface area (Å²) < 4.78 is 10.3. The number of unbranched alkanes of at least 4 members (excludes halogenated alkanes) is 21. The number of carbonyl (C=O) groups excluding carboxylic acids is 2. The lowest BCUT2D eigenvalue weighted by atomic mass is 9.99. The molecule has 5 nitrogen and oxygen atoms in total. The van der Waals surface area contributed by atoms with E-state index < -0.39 is 6.10 Å². The first-order chi connectivity index (χ1) is 20.0. The first-order valence-corrected chi connectivity index (χ1v) is 18.0. The Balaban J connectivity index is 3.38. The number of esters is 2. The molecule has 0 fully saturated rings. The first kappa shape index (κ1) is 39.9. The molecule has 0 bridgehead atoms. The Bertz CT molecular complexity index is 564. The molecule has 0 aromatic heterocycles. The van der Waals surface area contributed by atoms with Gasteiger partial charge in [0, 0.05) is 12.8 Å². The number of aliphatic hydroxyl groups is 1. The van der Waals surface area contributed by atoms with Crippen molar-refractivity contribution in [2.75, 3.05) is 13.2 Å². The molecule has 0 aliphatic heterocycles. The van der Waals surface area contributed by atoms with Crippen LogP contribution in [-0.4, -0.2) is 36.4 Å². The van der Waals surface area contributed by atoms with Crippen LogP contribution in [0.25, 0.3) is 0 Å². The maximum atomic E-state index is 11.9. The van der Waals surface area contributed by atoms with Crippen LogP contribution in [0, 0.1) is 5.92 Å². The molecule has 0 radical (unpaired) electrons. The molecule has 0 saturated carbocycles. The van der Waals surface area contributed by atoms with E-state index >= 15 is 0 Å². The molecule has 1 unspecified atom stereocenters. The number of ether oxygens (including phenoxy) is 2. The summed E-state index contributed by atoms with van der Waals surface area (Å²) in [5.74, 6) is 0.345. The second-order valence-corrected chi connectivity index (χ2v) is 12.6. The highest BCUT2D eigenvalue weighted by molar-refractivity contribution is 5.69. The molecule has 0 heterocycles. The number of hydrogen-bond donors (Lipinski definition) is 1. The lowest BCUT2D eigenvalue weighted by Gasteiger charge is -2.12. The van der Waals surface area contributed by atoms with E-state index in [1.165, 1.54) is 128 Å². The lowest BCUT2D eigenvalue weighted by molar-refractivity contribution is -0.152. The first-order valence-electron chi connectivity index (χ1n) is 18.0. The van der Waals surface area contributed by atoms with E-state index in [-0.39, 0.29) is 25.2 Å². The van der Waals surface area contributed by atoms with Gasteiger partial charge in [-0.1, -0.05) is 168 Å². The van der Waals surface area contributed by atoms with Gasteiger partial charge in [0.1, 0.15) is 19.3 Å². The normalized spacial score (nSPS) is 12.8. The fourth-order valence-corrected chi connectivity index (χ4v) is 5.24. The highest BCUT2D eigenvalue weighted by Gasteiger charge is 2.12. The van der Waals surface area contributed by atoms with Crippen molar-refractivity contribution in [3.63, 3.8) is 0 Å². The van der Waals surface area contributed by atoms with Gasteiger partial charge in [-0.15, -0.1) is 0 Å². The van der Waals surface area contributed by atoms with Crippen molar-refractivity contribution < 1.29 is 24.2 Å². The maximum Gasteiger partial charge on any atom is 0.305 e. The van der Waals surface area contributed by atoms with Crippen molar-refractivity contribution in [2.45, 2.75) is 200 Å². The summed E-state index contributed by atoms with van der Waals surface area (Å²) in [5, 5.41) is 9.95. The van der Waals surface area contributed by atoms with Gasteiger partial charge >= 0.3 is 11.9 Å². The number of rotatable bonds is 32. The molecule has 244 valence electrons. The average Bonchev–Trinajstić information content (AvgIpc) is 2.97. The van der Waals surface area contributed by atoms with Gasteiger partial charge in [-0.25, -0.2) is 0 Å². The van der Waals surface area contributed by atoms with Crippen molar-refractivity contribution in [3.05, 3.63) is 0 Å². The summed E-state index contributed by atoms with van der Waals surface area (Å²) in [6, 6.07) is 0. The van der Waals surface area contributed by atoms with Gasteiger partial charge in [0.05, 0.1) is 0 Å². The summed E-state index contributed by atoms with van der Waals surface area (Å²) >= 11 is 0. The standard InChI is InChI=1S/C36H70O5/c1-4-6-7-8-9-16-20-23-26-29-35(38)40-31-34(37)32-41-36(39)30-27-24-21-18-15-13-11-10-12-14-17-19-22-25-28-33(3)5-2/h33-34,37H,4-32H2,1-3H3/t33?,34-/m0/s1. The molecule has 2 atom stereocenters. The van der Waals surface area contributed by atoms with Crippen LogP contribution in [0.1, 0.15) is 194 Å². The third kappa shape index (κ3) is 31.7. The molecule has 0 saturated heterocycles. The largest absolute Gasteiger partial charge is 0.463 e. The summed E-state index contributed by atoms with van der Waals surface area (Å²) in [5.41, 5.74) is 0. The average molecular weight is 583 g/mol. The molecule has 0 rings (SSSR count). The van der Waals surface area contributed by atoms with Crippen molar-refractivity contribution in [1.29, 1.82) is 0 Å². The second kappa shape index (κ2) is 31.8. The van der Waals surface area contributed by atoms with Crippen LogP contribution < -0.4 is 0 Å². The Morgan fingerprint density at radius 1 is 0.512 bits per heavy atom. The van der Waals surface area contributed by atoms with Crippen molar-refractivity contribution >= 4 is 11.9 Å². The second-order valence-electron chi connectivity index (χ2n) is 12.6. The van der Waals surface area contributed by atoms with Crippen molar-refractivity contribution in [2.24, 2.45) is 5.92 Å². The quantitative estimate of drug-likeness (QED) is 0.0631. The van der Waals surface area contributed by atoms with Crippen molar-refractivity contribution in [1.82, 2.24) is 0 Å². The SMILES string of the molecule is CCCCCCCCCCCC(=O)OC[C@H](O)COC(=O)CCCCCCCCCCCCCCCCC(C)CC. The van der Waals surface area contributed by atoms with Gasteiger partial charge in [-0.2, -0.15) is 0 Å². The zero-order valence-corrected chi connectivity index (χ0v) is 27.7. The monoisotopic (exact) mass is 583 g/mol. The Morgan fingerprint density at radius 2 is 0.829 bits per heavy atom. The van der Waals surface area contributed by atoms with Gasteiger partial charge < -0.3 is 14.6 Å². The van der Waals surface area contributed by atoms with Crippen LogP contribution in [0.5, 0.6) is 0 Å². The topological polar surface area (TPSA) is 72.8 Å². The van der Waals surface area contributed by atoms with Gasteiger partial charge in [-0.05, 0) is 18.8 Å². The minimum Gasteiger partial charge on any atom is -0.463 e. The Morgan fingerprint density at radius 3 is 1.17 bits per heavy atom. The van der Waals surface area contributed by atoms with E-state index in [4.69, 9.17) is 9.47 Å². The number of hydrogen-bond acceptors (Lipinski definition) is 5. The zero-order chi connectivity index (χ0) is 30.2. The molecule has 0 amide bonds. The van der Waals surface area contributed by atoms with Crippen molar-refractivity contribution in [3.8, 4) is 0 Å². The smallest absolute Gasteiger partial charge is 0.305 e. The number of carbonyl (C=O) groups is 2. The minimum absolute atomic E-state index is 0.109. The fourth-order valence-electron chi connectivity index (χ4n) is 5.24. The van der Waals surface area contributed by atoms with Gasteiger partial charge in [0.2, 0.25) is 0 Å². The molecule has 0 aromatic carbocycles. The van der Waals surface area contributed by atoms with Gasteiger partial charge in [0.15, 0.2) is 0 Å². The predicted molar refractivity (Wildman–Crippen MR) is 173 cm³/mol. The molecule has 41 heavy (non-hydrogen) atoms. The number of aliphatic hydroxyl groups excluding tert-OH is 1. The van der Waals surface area contributed by atoms with Crippen LogP contribution in [0.4, 0.5) is 0 Å². The molecule has 0 aliphatic rings. The molecule has 0 spiro atoms. The zero-order valence-electron chi connectivity index (χ0n) is 27.7. The van der Waals surface area contributed by atoms with Gasteiger partial charge in [-0.3, -0.25) is 9.59 Å². The molecular formula is C36H70O5. The third-order valence-electron chi connectivity index (χ3n) is 8.38. The van der Waals surface area contributed by atoms with Crippen LogP contribution in [0.15, 0.2) is 0 Å². The fraction of sp³-hybridized carbons (Fsp3) is 0.944. The molecule has 5 heteroatoms. The summed E-state index contributed by atoms with van der Waals surface area (Å²) in [6.07, 6.45) is 31.5. The van der Waals surface area contributed by atoms with Crippen LogP contribution in [0.3, 0.4) is 0 Å². The highest BCUT2D eigenvalue weighted by Crippen LogP contribution is 2.16. The summed E-state index contributed by atoms with van der Waals surface area (Å²) in [4.78, 5) is 23.8. The van der Waals surface area contributed by atoms with E-state index in [2.05, 4.69) is 20.8 Å². The van der Waals surface area contributed by atoms with E-state index in [1.807, 2.05) is 0 Å².